The van der Waals surface area contributed by atoms with E-state index in [2.05, 4.69) is 15.0 Å². The molecule has 0 aliphatic heterocycles. The topological polar surface area (TPSA) is 92.6 Å². The molecule has 8 heteroatoms. The third-order valence-corrected chi connectivity index (χ3v) is 3.72. The molecule has 21 heavy (non-hydrogen) atoms. The van der Waals surface area contributed by atoms with E-state index in [4.69, 9.17) is 0 Å². The molecule has 0 spiro atoms. The Hall–Kier alpha value is -1.93. The first-order valence-corrected chi connectivity index (χ1v) is 8.39. The van der Waals surface area contributed by atoms with Gasteiger partial charge >= 0.3 is 0 Å². The van der Waals surface area contributed by atoms with Gasteiger partial charge in [0.2, 0.25) is 15.9 Å². The van der Waals surface area contributed by atoms with E-state index in [1.165, 1.54) is 0 Å². The van der Waals surface area contributed by atoms with Crippen LogP contribution in [0.3, 0.4) is 0 Å². The minimum Gasteiger partial charge on any atom is -0.350 e. The number of carbonyl (C=O) groups is 1. The fourth-order valence-electron chi connectivity index (χ4n) is 1.96. The molecule has 0 bridgehead atoms. The van der Waals surface area contributed by atoms with Crippen LogP contribution in [-0.2, 0) is 21.4 Å². The van der Waals surface area contributed by atoms with E-state index < -0.39 is 10.0 Å². The van der Waals surface area contributed by atoms with Gasteiger partial charge in [0.15, 0.2) is 0 Å². The molecule has 0 aromatic carbocycles. The zero-order valence-electron chi connectivity index (χ0n) is 12.0. The molecule has 0 fully saturated rings. The van der Waals surface area contributed by atoms with E-state index in [0.717, 1.165) is 23.2 Å². The van der Waals surface area contributed by atoms with Crippen molar-refractivity contribution in [3.8, 4) is 0 Å². The molecule has 0 aliphatic carbocycles. The Kier molecular flexibility index (Phi) is 4.59. The van der Waals surface area contributed by atoms with Crippen LogP contribution in [0.25, 0.3) is 5.65 Å². The predicted molar refractivity (Wildman–Crippen MR) is 79.2 cm³/mol. The van der Waals surface area contributed by atoms with Crippen LogP contribution in [0, 0.1) is 6.92 Å². The third kappa shape index (κ3) is 4.27. The maximum absolute atomic E-state index is 11.7. The number of hydrogen-bond acceptors (Lipinski definition) is 4. The molecule has 0 saturated carbocycles. The molecule has 114 valence electrons. The average Bonchev–Trinajstić information content (AvgIpc) is 2.79. The van der Waals surface area contributed by atoms with Crippen molar-refractivity contribution in [1.82, 2.24) is 19.4 Å². The molecule has 0 saturated heterocycles. The number of imidazole rings is 1. The number of aromatic nitrogens is 2. The Morgan fingerprint density at radius 1 is 1.43 bits per heavy atom. The predicted octanol–water partition coefficient (Wildman–Crippen LogP) is 0.198. The summed E-state index contributed by atoms with van der Waals surface area (Å²) in [6.07, 6.45) is 4.77. The summed E-state index contributed by atoms with van der Waals surface area (Å²) in [7, 11) is -3.26. The third-order valence-electron chi connectivity index (χ3n) is 2.99. The number of rotatable bonds is 6. The molecule has 2 N–H and O–H groups in total. The molecule has 1 amide bonds. The Morgan fingerprint density at radius 2 is 2.19 bits per heavy atom. The van der Waals surface area contributed by atoms with E-state index in [-0.39, 0.29) is 18.9 Å². The van der Waals surface area contributed by atoms with Gasteiger partial charge in [-0.15, -0.1) is 0 Å². The normalized spacial score (nSPS) is 11.7. The van der Waals surface area contributed by atoms with Gasteiger partial charge in [-0.05, 0) is 18.6 Å². The quantitative estimate of drug-likeness (QED) is 0.797. The summed E-state index contributed by atoms with van der Waals surface area (Å²) in [5, 5.41) is 2.75. The minimum atomic E-state index is -3.26. The molecule has 7 nitrogen and oxygen atoms in total. The lowest BCUT2D eigenvalue weighted by atomic mass is 10.3. The fourth-order valence-corrected chi connectivity index (χ4v) is 2.43. The number of fused-ring (bicyclic) bond motifs is 1. The number of amides is 1. The molecule has 2 heterocycles. The second-order valence-electron chi connectivity index (χ2n) is 4.83. The smallest absolute Gasteiger partial charge is 0.221 e. The van der Waals surface area contributed by atoms with E-state index in [0.29, 0.717) is 6.54 Å². The van der Waals surface area contributed by atoms with Gasteiger partial charge in [-0.25, -0.2) is 18.1 Å². The van der Waals surface area contributed by atoms with Gasteiger partial charge in [-0.2, -0.15) is 0 Å². The molecule has 0 atom stereocenters. The zero-order chi connectivity index (χ0) is 15.5. The van der Waals surface area contributed by atoms with Crippen LogP contribution in [0.4, 0.5) is 0 Å². The van der Waals surface area contributed by atoms with Gasteiger partial charge in [0.25, 0.3) is 0 Å². The number of sulfonamides is 1. The van der Waals surface area contributed by atoms with Gasteiger partial charge in [0.1, 0.15) is 5.65 Å². The van der Waals surface area contributed by atoms with Gasteiger partial charge in [-0.3, -0.25) is 4.79 Å². The van der Waals surface area contributed by atoms with Crippen molar-refractivity contribution in [3.05, 3.63) is 35.8 Å². The number of pyridine rings is 1. The number of nitrogens with zero attached hydrogens (tertiary/aromatic N) is 2. The highest BCUT2D eigenvalue weighted by Crippen LogP contribution is 2.10. The highest BCUT2D eigenvalue weighted by atomic mass is 32.2. The summed E-state index contributed by atoms with van der Waals surface area (Å²) in [6, 6.07) is 3.90. The van der Waals surface area contributed by atoms with Crippen molar-refractivity contribution in [2.24, 2.45) is 0 Å². The fraction of sp³-hybridized carbons (Fsp3) is 0.385. The summed E-state index contributed by atoms with van der Waals surface area (Å²) < 4.78 is 26.0. The number of hydrogen-bond donors (Lipinski definition) is 2. The summed E-state index contributed by atoms with van der Waals surface area (Å²) in [6.45, 7) is 2.42. The average molecular weight is 310 g/mol. The highest BCUT2D eigenvalue weighted by Gasteiger charge is 2.08. The second kappa shape index (κ2) is 6.23. The Morgan fingerprint density at radius 3 is 2.90 bits per heavy atom. The Labute approximate surface area is 123 Å². The summed E-state index contributed by atoms with van der Waals surface area (Å²) >= 11 is 0. The highest BCUT2D eigenvalue weighted by molar-refractivity contribution is 7.88. The van der Waals surface area contributed by atoms with Crippen LogP contribution in [0.5, 0.6) is 0 Å². The van der Waals surface area contributed by atoms with Crippen LogP contribution < -0.4 is 10.0 Å². The van der Waals surface area contributed by atoms with Crippen LogP contribution in [0.2, 0.25) is 0 Å². The number of aryl methyl sites for hydroxylation is 1. The Bertz CT molecular complexity index is 752. The second-order valence-corrected chi connectivity index (χ2v) is 6.66. The van der Waals surface area contributed by atoms with E-state index in [1.807, 2.05) is 29.7 Å². The van der Waals surface area contributed by atoms with Crippen molar-refractivity contribution < 1.29 is 13.2 Å². The first-order chi connectivity index (χ1) is 9.87. The monoisotopic (exact) mass is 310 g/mol. The molecule has 2 rings (SSSR count). The van der Waals surface area contributed by atoms with Crippen molar-refractivity contribution in [1.29, 1.82) is 0 Å². The van der Waals surface area contributed by atoms with E-state index in [9.17, 15) is 13.2 Å². The summed E-state index contributed by atoms with van der Waals surface area (Å²) in [5.74, 6) is -0.214. The zero-order valence-corrected chi connectivity index (χ0v) is 12.8. The van der Waals surface area contributed by atoms with Gasteiger partial charge < -0.3 is 9.72 Å². The van der Waals surface area contributed by atoms with Crippen LogP contribution in [0.1, 0.15) is 17.7 Å². The molecule has 2 aromatic rings. The largest absolute Gasteiger partial charge is 0.350 e. The summed E-state index contributed by atoms with van der Waals surface area (Å²) in [4.78, 5) is 16.0. The lowest BCUT2D eigenvalue weighted by Gasteiger charge is -2.06. The maximum atomic E-state index is 11.7. The van der Waals surface area contributed by atoms with Crippen LogP contribution in [0.15, 0.2) is 24.5 Å². The standard InChI is InChI=1S/C13H18N4O3S/c1-10-4-3-7-17-11(9-15-13(10)17)8-14-12(18)5-6-16-21(2,19)20/h3-4,7,9,16H,5-6,8H2,1-2H3,(H,14,18). The van der Waals surface area contributed by atoms with Crippen LogP contribution >= 0.6 is 0 Å². The number of carbonyl (C=O) groups excluding carboxylic acids is 1. The molecule has 0 aliphatic rings. The van der Waals surface area contributed by atoms with E-state index in [1.54, 1.807) is 6.20 Å². The minimum absolute atomic E-state index is 0.0942. The lowest BCUT2D eigenvalue weighted by Crippen LogP contribution is -2.30. The molecular formula is C13H18N4O3S. The molecule has 0 radical (unpaired) electrons. The van der Waals surface area contributed by atoms with Crippen molar-refractivity contribution >= 4 is 21.6 Å². The maximum Gasteiger partial charge on any atom is 0.221 e. The SMILES string of the molecule is Cc1cccn2c(CNC(=O)CCNS(C)(=O)=O)cnc12. The van der Waals surface area contributed by atoms with Crippen molar-refractivity contribution in [2.45, 2.75) is 19.9 Å². The summed E-state index contributed by atoms with van der Waals surface area (Å²) in [5.41, 5.74) is 2.80. The van der Waals surface area contributed by atoms with Crippen molar-refractivity contribution in [3.63, 3.8) is 0 Å². The molecule has 0 unspecified atom stereocenters. The molecular weight excluding hydrogens is 292 g/mol. The van der Waals surface area contributed by atoms with Gasteiger partial charge in [0, 0.05) is 19.2 Å². The first-order valence-electron chi connectivity index (χ1n) is 6.50. The van der Waals surface area contributed by atoms with Gasteiger partial charge in [-0.1, -0.05) is 6.07 Å². The lowest BCUT2D eigenvalue weighted by molar-refractivity contribution is -0.121. The van der Waals surface area contributed by atoms with E-state index >= 15 is 0 Å². The molecule has 2 aromatic heterocycles. The van der Waals surface area contributed by atoms with Crippen LogP contribution in [-0.4, -0.2) is 36.5 Å². The number of nitrogens with one attached hydrogen (secondary N) is 2. The first kappa shape index (κ1) is 15.5. The Balaban J connectivity index is 1.90. The van der Waals surface area contributed by atoms with Gasteiger partial charge in [0.05, 0.1) is 24.7 Å². The van der Waals surface area contributed by atoms with Crippen molar-refractivity contribution in [2.75, 3.05) is 12.8 Å².